The van der Waals surface area contributed by atoms with E-state index in [1.807, 2.05) is 12.3 Å². The molecule has 0 aliphatic carbocycles. The summed E-state index contributed by atoms with van der Waals surface area (Å²) in [5.41, 5.74) is 2.19. The van der Waals surface area contributed by atoms with Crippen LogP contribution in [0.3, 0.4) is 0 Å². The first-order chi connectivity index (χ1) is 7.45. The number of hydrogen-bond acceptors (Lipinski definition) is 4. The number of hydrogen-bond donors (Lipinski definition) is 1. The van der Waals surface area contributed by atoms with Crippen molar-refractivity contribution < 1.29 is 0 Å². The van der Waals surface area contributed by atoms with Crippen molar-refractivity contribution in [2.45, 2.75) is 18.8 Å². The first-order valence-electron chi connectivity index (χ1n) is 5.32. The van der Waals surface area contributed by atoms with Crippen molar-refractivity contribution in [3.8, 4) is 0 Å². The Morgan fingerprint density at radius 1 is 1.33 bits per heavy atom. The van der Waals surface area contributed by atoms with Gasteiger partial charge in [-0.05, 0) is 48.3 Å². The van der Waals surface area contributed by atoms with Gasteiger partial charge in [-0.25, -0.2) is 4.52 Å². The number of rotatable bonds is 1. The Hall–Kier alpha value is -1.49. The molecule has 3 rings (SSSR count). The number of tetrazole rings is 1. The van der Waals surface area contributed by atoms with Crippen molar-refractivity contribution in [3.63, 3.8) is 0 Å². The highest BCUT2D eigenvalue weighted by Crippen LogP contribution is 2.26. The predicted octanol–water partition coefficient (Wildman–Crippen LogP) is 0.591. The molecule has 0 unspecified atom stereocenters. The maximum atomic E-state index is 4.08. The van der Waals surface area contributed by atoms with E-state index in [1.165, 1.54) is 18.4 Å². The highest BCUT2D eigenvalue weighted by molar-refractivity contribution is 5.47. The third kappa shape index (κ3) is 1.48. The van der Waals surface area contributed by atoms with Gasteiger partial charge < -0.3 is 5.32 Å². The van der Waals surface area contributed by atoms with Crippen LogP contribution in [0.25, 0.3) is 5.65 Å². The number of nitrogens with one attached hydrogen (secondary N) is 1. The average molecular weight is 203 g/mol. The molecule has 1 fully saturated rings. The molecule has 1 N–H and O–H groups in total. The summed E-state index contributed by atoms with van der Waals surface area (Å²) in [5.74, 6) is 0.598. The smallest absolute Gasteiger partial charge is 0.182 e. The quantitative estimate of drug-likeness (QED) is 0.737. The summed E-state index contributed by atoms with van der Waals surface area (Å²) < 4.78 is 1.75. The van der Waals surface area contributed by atoms with Crippen LogP contribution in [-0.2, 0) is 0 Å². The Morgan fingerprint density at radius 2 is 2.20 bits per heavy atom. The lowest BCUT2D eigenvalue weighted by atomic mass is 9.91. The molecule has 2 aromatic heterocycles. The van der Waals surface area contributed by atoms with Crippen LogP contribution in [0.2, 0.25) is 0 Å². The maximum Gasteiger partial charge on any atom is 0.182 e. The van der Waals surface area contributed by atoms with E-state index in [9.17, 15) is 0 Å². The van der Waals surface area contributed by atoms with Gasteiger partial charge in [-0.2, -0.15) is 0 Å². The first-order valence-corrected chi connectivity index (χ1v) is 5.32. The Labute approximate surface area is 87.5 Å². The van der Waals surface area contributed by atoms with Crippen LogP contribution >= 0.6 is 0 Å². The van der Waals surface area contributed by atoms with Crippen molar-refractivity contribution in [2.75, 3.05) is 13.1 Å². The van der Waals surface area contributed by atoms with Crippen LogP contribution in [-0.4, -0.2) is 33.1 Å². The first kappa shape index (κ1) is 8.79. The monoisotopic (exact) mass is 203 g/mol. The van der Waals surface area contributed by atoms with Crippen molar-refractivity contribution in [1.29, 1.82) is 0 Å². The summed E-state index contributed by atoms with van der Waals surface area (Å²) in [4.78, 5) is 0. The van der Waals surface area contributed by atoms with Crippen LogP contribution in [0.15, 0.2) is 18.3 Å². The molecule has 0 spiro atoms. The van der Waals surface area contributed by atoms with E-state index >= 15 is 0 Å². The minimum atomic E-state index is 0.598. The zero-order chi connectivity index (χ0) is 10.1. The third-order valence-corrected chi connectivity index (χ3v) is 3.03. The highest BCUT2D eigenvalue weighted by Gasteiger charge is 2.18. The fourth-order valence-corrected chi connectivity index (χ4v) is 2.24. The number of fused-ring (bicyclic) bond motifs is 1. The number of aromatic nitrogens is 4. The molecule has 0 saturated carbocycles. The van der Waals surface area contributed by atoms with Gasteiger partial charge in [-0.15, -0.1) is 5.10 Å². The number of piperidine rings is 1. The number of pyridine rings is 1. The molecular weight excluding hydrogens is 190 g/mol. The molecule has 0 radical (unpaired) electrons. The molecule has 1 aliphatic heterocycles. The van der Waals surface area contributed by atoms with Gasteiger partial charge in [0, 0.05) is 11.8 Å². The van der Waals surface area contributed by atoms with E-state index in [0.29, 0.717) is 5.92 Å². The van der Waals surface area contributed by atoms with Gasteiger partial charge >= 0.3 is 0 Å². The average Bonchev–Trinajstić information content (AvgIpc) is 2.78. The van der Waals surface area contributed by atoms with Gasteiger partial charge in [-0.1, -0.05) is 6.07 Å². The molecule has 15 heavy (non-hydrogen) atoms. The molecule has 0 bridgehead atoms. The summed E-state index contributed by atoms with van der Waals surface area (Å²) in [7, 11) is 0. The second kappa shape index (κ2) is 3.58. The Morgan fingerprint density at radius 3 is 3.07 bits per heavy atom. The molecule has 0 amide bonds. The van der Waals surface area contributed by atoms with Crippen molar-refractivity contribution in [1.82, 2.24) is 25.4 Å². The second-order valence-corrected chi connectivity index (χ2v) is 3.93. The minimum Gasteiger partial charge on any atom is -0.317 e. The number of nitrogens with zero attached hydrogens (tertiary/aromatic N) is 4. The zero-order valence-electron chi connectivity index (χ0n) is 8.43. The van der Waals surface area contributed by atoms with Gasteiger partial charge in [-0.3, -0.25) is 0 Å². The normalized spacial score (nSPS) is 18.4. The van der Waals surface area contributed by atoms with Crippen molar-refractivity contribution in [3.05, 3.63) is 23.9 Å². The van der Waals surface area contributed by atoms with E-state index in [0.717, 1.165) is 18.7 Å². The molecule has 2 aromatic rings. The lowest BCUT2D eigenvalue weighted by Gasteiger charge is -2.22. The Balaban J connectivity index is 2.05. The third-order valence-electron chi connectivity index (χ3n) is 3.03. The molecular formula is C10H13N5. The molecule has 0 aromatic carbocycles. The lowest BCUT2D eigenvalue weighted by molar-refractivity contribution is 0.461. The van der Waals surface area contributed by atoms with E-state index in [4.69, 9.17) is 0 Å². The van der Waals surface area contributed by atoms with Crippen LogP contribution in [0.5, 0.6) is 0 Å². The van der Waals surface area contributed by atoms with Crippen LogP contribution in [0.1, 0.15) is 24.3 Å². The Kier molecular flexibility index (Phi) is 2.10. The summed E-state index contributed by atoms with van der Waals surface area (Å²) >= 11 is 0. The fourth-order valence-electron chi connectivity index (χ4n) is 2.24. The standard InChI is InChI=1S/C10H13N5/c1-2-9(8-3-5-11-6-4-8)10-12-13-14-15(10)7-1/h1-2,7-8,11H,3-6H2. The molecule has 5 nitrogen and oxygen atoms in total. The SMILES string of the molecule is c1cc(C2CCNCC2)c2nnnn2c1. The van der Waals surface area contributed by atoms with Crippen LogP contribution < -0.4 is 5.32 Å². The van der Waals surface area contributed by atoms with Gasteiger partial charge in [0.15, 0.2) is 5.65 Å². The van der Waals surface area contributed by atoms with Gasteiger partial charge in [0.1, 0.15) is 0 Å². The van der Waals surface area contributed by atoms with Crippen molar-refractivity contribution >= 4 is 5.65 Å². The fraction of sp³-hybridized carbons (Fsp3) is 0.500. The van der Waals surface area contributed by atoms with Crippen LogP contribution in [0.4, 0.5) is 0 Å². The summed E-state index contributed by atoms with van der Waals surface area (Å²) in [6.45, 7) is 2.18. The minimum absolute atomic E-state index is 0.598. The van der Waals surface area contributed by atoms with Gasteiger partial charge in [0.25, 0.3) is 0 Å². The summed E-state index contributed by atoms with van der Waals surface area (Å²) in [6.07, 6.45) is 4.24. The summed E-state index contributed by atoms with van der Waals surface area (Å²) in [5, 5.41) is 15.1. The molecule has 3 heterocycles. The largest absolute Gasteiger partial charge is 0.317 e. The van der Waals surface area contributed by atoms with Gasteiger partial charge in [0.05, 0.1) is 0 Å². The van der Waals surface area contributed by atoms with Crippen molar-refractivity contribution in [2.24, 2.45) is 0 Å². The molecule has 0 atom stereocenters. The topological polar surface area (TPSA) is 55.1 Å². The second-order valence-electron chi connectivity index (χ2n) is 3.93. The molecule has 5 heteroatoms. The molecule has 1 saturated heterocycles. The molecule has 78 valence electrons. The van der Waals surface area contributed by atoms with E-state index < -0.39 is 0 Å². The predicted molar refractivity (Wildman–Crippen MR) is 55.6 cm³/mol. The zero-order valence-corrected chi connectivity index (χ0v) is 8.43. The van der Waals surface area contributed by atoms with E-state index in [-0.39, 0.29) is 0 Å². The summed E-state index contributed by atoms with van der Waals surface area (Å²) in [6, 6.07) is 4.16. The molecule has 1 aliphatic rings. The Bertz CT molecular complexity index is 458. The van der Waals surface area contributed by atoms with E-state index in [2.05, 4.69) is 26.9 Å². The van der Waals surface area contributed by atoms with Gasteiger partial charge in [0.2, 0.25) is 0 Å². The highest BCUT2D eigenvalue weighted by atomic mass is 15.5. The maximum absolute atomic E-state index is 4.08. The van der Waals surface area contributed by atoms with Crippen LogP contribution in [0, 0.1) is 0 Å². The lowest BCUT2D eigenvalue weighted by Crippen LogP contribution is -2.26. The van der Waals surface area contributed by atoms with E-state index in [1.54, 1.807) is 4.52 Å².